The van der Waals surface area contributed by atoms with Gasteiger partial charge in [-0.05, 0) is 12.1 Å². The molecule has 0 fully saturated rings. The van der Waals surface area contributed by atoms with E-state index in [9.17, 15) is 8.60 Å². The van der Waals surface area contributed by atoms with E-state index in [2.05, 4.69) is 9.97 Å². The van der Waals surface area contributed by atoms with Gasteiger partial charge in [-0.15, -0.1) is 0 Å². The minimum absolute atomic E-state index is 0.0832. The van der Waals surface area contributed by atoms with E-state index < -0.39 is 16.9 Å². The molecule has 2 rings (SSSR count). The molecule has 0 amide bonds. The number of fused-ring (bicyclic) bond motifs is 1. The summed E-state index contributed by atoms with van der Waals surface area (Å²) >= 11 is -2.20. The van der Waals surface area contributed by atoms with Crippen LogP contribution < -0.4 is 0 Å². The molecule has 1 unspecified atom stereocenters. The summed E-state index contributed by atoms with van der Waals surface area (Å²) in [5.74, 6) is -0.509. The van der Waals surface area contributed by atoms with Gasteiger partial charge < -0.3 is 10.1 Å². The van der Waals surface area contributed by atoms with Gasteiger partial charge in [-0.25, -0.2) is 13.6 Å². The number of aliphatic hydroxyl groups excluding tert-OH is 1. The molecule has 1 atom stereocenters. The summed E-state index contributed by atoms with van der Waals surface area (Å²) < 4.78 is 32.2. The highest BCUT2D eigenvalue weighted by Crippen LogP contribution is 2.15. The maximum absolute atomic E-state index is 13.0. The van der Waals surface area contributed by atoms with Crippen molar-refractivity contribution < 1.29 is 18.3 Å². The van der Waals surface area contributed by atoms with Gasteiger partial charge in [0.2, 0.25) is 16.2 Å². The average molecular weight is 232 g/mol. The van der Waals surface area contributed by atoms with Gasteiger partial charge in [-0.1, -0.05) is 6.07 Å². The second kappa shape index (κ2) is 4.96. The van der Waals surface area contributed by atoms with Crippen LogP contribution in [0.1, 0.15) is 0 Å². The minimum atomic E-state index is -2.20. The molecule has 1 heterocycles. The molecule has 0 spiro atoms. The quantitative estimate of drug-likeness (QED) is 0.637. The number of hydrogen-bond donors (Lipinski definition) is 3. The lowest BCUT2D eigenvalue weighted by Gasteiger charge is -1.86. The molecule has 0 saturated carbocycles. The maximum atomic E-state index is 13.0. The number of nitrogens with zero attached hydrogens (tertiary/aromatic N) is 1. The number of halogens is 1. The second-order valence-corrected chi connectivity index (χ2v) is 3.31. The molecule has 2 aromatic rings. The fraction of sp³-hybridized carbons (Fsp3) is 0.125. The average Bonchev–Trinajstić information content (AvgIpc) is 2.66. The Labute approximate surface area is 87.2 Å². The molecule has 7 heteroatoms. The van der Waals surface area contributed by atoms with Gasteiger partial charge in [-0.2, -0.15) is 0 Å². The molecule has 0 aliphatic heterocycles. The topological polar surface area (TPSA) is 86.2 Å². The third-order valence-electron chi connectivity index (χ3n) is 1.61. The molecule has 1 aromatic carbocycles. The Morgan fingerprint density at radius 2 is 2.13 bits per heavy atom. The van der Waals surface area contributed by atoms with E-state index in [0.29, 0.717) is 5.52 Å². The van der Waals surface area contributed by atoms with E-state index in [0.717, 1.165) is 7.11 Å². The second-order valence-electron chi connectivity index (χ2n) is 2.43. The third kappa shape index (κ3) is 2.38. The highest BCUT2D eigenvalue weighted by Gasteiger charge is 2.09. The number of H-pyrrole nitrogens is 1. The fourth-order valence-corrected chi connectivity index (χ4v) is 1.42. The summed E-state index contributed by atoms with van der Waals surface area (Å²) in [7, 11) is 1.00. The summed E-state index contributed by atoms with van der Waals surface area (Å²) in [6.07, 6.45) is 0. The first-order chi connectivity index (χ1) is 7.18. The van der Waals surface area contributed by atoms with E-state index in [4.69, 9.17) is 9.66 Å². The smallest absolute Gasteiger partial charge is 0.225 e. The summed E-state index contributed by atoms with van der Waals surface area (Å²) in [4.78, 5) is 6.17. The SMILES string of the molecule is CO.O=S(O)c1nc2c(F)cccc2[nH]1. The number of imidazole rings is 1. The highest BCUT2D eigenvalue weighted by molar-refractivity contribution is 7.79. The van der Waals surface area contributed by atoms with Crippen molar-refractivity contribution in [2.24, 2.45) is 0 Å². The standard InChI is InChI=1S/C7H5FN2O2S.CH4O/c8-4-2-1-3-5-6(4)10-7(9-5)13(11)12;1-2/h1-3H,(H,9,10)(H,11,12);2H,1H3. The molecule has 0 bridgehead atoms. The van der Waals surface area contributed by atoms with Crippen molar-refractivity contribution in [1.29, 1.82) is 0 Å². The Morgan fingerprint density at radius 3 is 2.67 bits per heavy atom. The van der Waals surface area contributed by atoms with Crippen molar-refractivity contribution >= 4 is 22.1 Å². The van der Waals surface area contributed by atoms with Crippen LogP contribution in [-0.4, -0.2) is 30.9 Å². The van der Waals surface area contributed by atoms with E-state index >= 15 is 0 Å². The molecule has 15 heavy (non-hydrogen) atoms. The number of nitrogens with one attached hydrogen (secondary N) is 1. The lowest BCUT2D eigenvalue weighted by Crippen LogP contribution is -1.89. The number of para-hydroxylation sites is 1. The molecule has 0 aliphatic rings. The zero-order chi connectivity index (χ0) is 11.4. The number of hydrogen-bond acceptors (Lipinski definition) is 3. The monoisotopic (exact) mass is 232 g/mol. The van der Waals surface area contributed by atoms with Crippen LogP contribution in [0.5, 0.6) is 0 Å². The number of aliphatic hydroxyl groups is 1. The molecule has 0 aliphatic carbocycles. The fourth-order valence-electron chi connectivity index (χ4n) is 1.06. The molecule has 1 aromatic heterocycles. The molecule has 0 radical (unpaired) electrons. The molecular weight excluding hydrogens is 223 g/mol. The number of aromatic nitrogens is 2. The van der Waals surface area contributed by atoms with Gasteiger partial charge in [-0.3, -0.25) is 4.55 Å². The molecule has 5 nitrogen and oxygen atoms in total. The van der Waals surface area contributed by atoms with E-state index in [-0.39, 0.29) is 10.7 Å². The van der Waals surface area contributed by atoms with Crippen LogP contribution in [0.25, 0.3) is 11.0 Å². The van der Waals surface area contributed by atoms with E-state index in [1.54, 1.807) is 6.07 Å². The van der Waals surface area contributed by atoms with Crippen LogP contribution in [0, 0.1) is 5.82 Å². The van der Waals surface area contributed by atoms with Crippen molar-refractivity contribution in [2.45, 2.75) is 5.16 Å². The lowest BCUT2D eigenvalue weighted by molar-refractivity contribution is 0.399. The van der Waals surface area contributed by atoms with Crippen molar-refractivity contribution in [3.63, 3.8) is 0 Å². The van der Waals surface area contributed by atoms with Crippen LogP contribution in [0.15, 0.2) is 23.4 Å². The first kappa shape index (κ1) is 11.8. The van der Waals surface area contributed by atoms with Crippen molar-refractivity contribution in [3.8, 4) is 0 Å². The Kier molecular flexibility index (Phi) is 3.89. The Balaban J connectivity index is 0.000000531. The highest BCUT2D eigenvalue weighted by atomic mass is 32.2. The largest absolute Gasteiger partial charge is 0.400 e. The summed E-state index contributed by atoms with van der Waals surface area (Å²) in [6, 6.07) is 4.33. The van der Waals surface area contributed by atoms with Gasteiger partial charge in [0.25, 0.3) is 0 Å². The van der Waals surface area contributed by atoms with Crippen LogP contribution in [0.2, 0.25) is 0 Å². The van der Waals surface area contributed by atoms with E-state index in [1.165, 1.54) is 12.1 Å². The Bertz CT molecular complexity index is 486. The molecular formula is C8H9FN2O3S. The third-order valence-corrected chi connectivity index (χ3v) is 2.13. The number of rotatable bonds is 1. The zero-order valence-corrected chi connectivity index (χ0v) is 8.58. The maximum Gasteiger partial charge on any atom is 0.225 e. The molecule has 82 valence electrons. The van der Waals surface area contributed by atoms with Crippen molar-refractivity contribution in [1.82, 2.24) is 9.97 Å². The zero-order valence-electron chi connectivity index (χ0n) is 7.77. The van der Waals surface area contributed by atoms with Gasteiger partial charge in [0, 0.05) is 7.11 Å². The van der Waals surface area contributed by atoms with Crippen molar-refractivity contribution in [3.05, 3.63) is 24.0 Å². The van der Waals surface area contributed by atoms with E-state index in [1.807, 2.05) is 0 Å². The van der Waals surface area contributed by atoms with Crippen molar-refractivity contribution in [2.75, 3.05) is 7.11 Å². The summed E-state index contributed by atoms with van der Waals surface area (Å²) in [5.41, 5.74) is 0.498. The first-order valence-electron chi connectivity index (χ1n) is 3.88. The van der Waals surface area contributed by atoms with Gasteiger partial charge >= 0.3 is 0 Å². The van der Waals surface area contributed by atoms with Crippen LogP contribution in [-0.2, 0) is 11.1 Å². The van der Waals surface area contributed by atoms with Gasteiger partial charge in [0.15, 0.2) is 5.82 Å². The Hall–Kier alpha value is -1.31. The lowest BCUT2D eigenvalue weighted by atomic mass is 10.3. The molecule has 3 N–H and O–H groups in total. The normalized spacial score (nSPS) is 12.0. The van der Waals surface area contributed by atoms with Crippen LogP contribution in [0.4, 0.5) is 4.39 Å². The number of aromatic amines is 1. The van der Waals surface area contributed by atoms with Crippen LogP contribution >= 0.6 is 0 Å². The number of benzene rings is 1. The van der Waals surface area contributed by atoms with Crippen LogP contribution in [0.3, 0.4) is 0 Å². The minimum Gasteiger partial charge on any atom is -0.400 e. The Morgan fingerprint density at radius 1 is 1.47 bits per heavy atom. The van der Waals surface area contributed by atoms with Gasteiger partial charge in [0.1, 0.15) is 5.52 Å². The predicted molar refractivity (Wildman–Crippen MR) is 53.2 cm³/mol. The molecule has 0 saturated heterocycles. The van der Waals surface area contributed by atoms with Gasteiger partial charge in [0.05, 0.1) is 5.52 Å². The summed E-state index contributed by atoms with van der Waals surface area (Å²) in [6.45, 7) is 0. The predicted octanol–water partition coefficient (Wildman–Crippen LogP) is 0.891. The first-order valence-corrected chi connectivity index (χ1v) is 4.99. The summed E-state index contributed by atoms with van der Waals surface area (Å²) in [5, 5.41) is 6.86.